The maximum atomic E-state index is 13.5. The number of aromatic nitrogens is 2. The number of amides is 2. The molecule has 2 heterocycles. The van der Waals surface area contributed by atoms with E-state index in [1.165, 1.54) is 4.90 Å². The molecule has 0 saturated heterocycles. The third kappa shape index (κ3) is 5.10. The fraction of sp³-hybridized carbons (Fsp3) is 0.267. The van der Waals surface area contributed by atoms with Gasteiger partial charge in [0.15, 0.2) is 0 Å². The van der Waals surface area contributed by atoms with Gasteiger partial charge in [-0.15, -0.1) is 0 Å². The van der Waals surface area contributed by atoms with Crippen LogP contribution in [0, 0.1) is 18.3 Å². The van der Waals surface area contributed by atoms with Gasteiger partial charge in [0.2, 0.25) is 0 Å². The van der Waals surface area contributed by atoms with Gasteiger partial charge >= 0.3 is 0 Å². The summed E-state index contributed by atoms with van der Waals surface area (Å²) in [6.45, 7) is 5.96. The summed E-state index contributed by atoms with van der Waals surface area (Å²) in [5, 5.41) is 14.6. The molecule has 4 rings (SSSR count). The number of unbranched alkanes of at least 4 members (excludes halogenated alkanes) is 2. The second-order valence-electron chi connectivity index (χ2n) is 9.04. The Morgan fingerprint density at radius 3 is 2.46 bits per heavy atom. The lowest BCUT2D eigenvalue weighted by Crippen LogP contribution is -2.43. The van der Waals surface area contributed by atoms with Crippen LogP contribution < -0.4 is 4.74 Å². The molecule has 0 radical (unpaired) electrons. The number of rotatable bonds is 8. The van der Waals surface area contributed by atoms with Gasteiger partial charge in [-0.1, -0.05) is 38.0 Å². The number of para-hydroxylation sites is 1. The van der Waals surface area contributed by atoms with Gasteiger partial charge in [0.25, 0.3) is 11.8 Å². The number of imide groups is 1. The van der Waals surface area contributed by atoms with Crippen LogP contribution in [-0.2, 0) is 9.59 Å². The van der Waals surface area contributed by atoms with E-state index in [9.17, 15) is 14.9 Å². The molecule has 1 aliphatic rings. The smallest absolute Gasteiger partial charge is 0.271 e. The van der Waals surface area contributed by atoms with Crippen molar-refractivity contribution in [3.05, 3.63) is 82.6 Å². The lowest BCUT2D eigenvalue weighted by atomic mass is 9.93. The molecule has 2 amide bonds. The van der Waals surface area contributed by atoms with Crippen LogP contribution in [0.25, 0.3) is 23.0 Å². The summed E-state index contributed by atoms with van der Waals surface area (Å²) in [5.41, 5.74) is 4.78. The fourth-order valence-corrected chi connectivity index (χ4v) is 4.46. The van der Waals surface area contributed by atoms with Crippen molar-refractivity contribution in [2.75, 3.05) is 13.7 Å². The maximum Gasteiger partial charge on any atom is 0.271 e. The quantitative estimate of drug-likeness (QED) is 0.230. The molecule has 0 fully saturated rings. The molecule has 1 aliphatic heterocycles. The Labute approximate surface area is 217 Å². The highest BCUT2D eigenvalue weighted by atomic mass is 16.5. The zero-order chi connectivity index (χ0) is 26.5. The number of ether oxygens (including phenoxy) is 1. The van der Waals surface area contributed by atoms with Crippen molar-refractivity contribution in [2.24, 2.45) is 0 Å². The van der Waals surface area contributed by atoms with Crippen LogP contribution in [0.3, 0.4) is 0 Å². The highest BCUT2D eigenvalue weighted by molar-refractivity contribution is 6.19. The normalized spacial score (nSPS) is 14.9. The lowest BCUT2D eigenvalue weighted by Gasteiger charge is -2.27. The van der Waals surface area contributed by atoms with E-state index in [1.54, 1.807) is 24.8 Å². The highest BCUT2D eigenvalue weighted by Gasteiger charge is 2.35. The number of carbonyl (C=O) groups is 2. The zero-order valence-electron chi connectivity index (χ0n) is 21.6. The van der Waals surface area contributed by atoms with E-state index in [1.807, 2.05) is 67.7 Å². The largest absolute Gasteiger partial charge is 0.496 e. The minimum Gasteiger partial charge on any atom is -0.496 e. The van der Waals surface area contributed by atoms with Crippen molar-refractivity contribution < 1.29 is 14.3 Å². The minimum atomic E-state index is -0.524. The number of hydrogen-bond acceptors (Lipinski definition) is 5. The van der Waals surface area contributed by atoms with E-state index in [0.717, 1.165) is 35.4 Å². The number of carbonyl (C=O) groups excluding carboxylic acids is 2. The molecule has 0 N–H and O–H groups in total. The van der Waals surface area contributed by atoms with Crippen LogP contribution in [-0.4, -0.2) is 40.1 Å². The average molecular weight is 495 g/mol. The van der Waals surface area contributed by atoms with Gasteiger partial charge in [-0.25, -0.2) is 4.68 Å². The molecule has 0 atom stereocenters. The SMILES string of the molecule is CCCCCN1C(=O)C(C#N)=C(C)/C(=C\c2cn(-c3ccccc3)nc2-c2ccc(OC)c(C)c2)C1=O. The van der Waals surface area contributed by atoms with E-state index >= 15 is 0 Å². The molecular formula is C30H30N4O3. The molecule has 7 heteroatoms. The Morgan fingerprint density at radius 2 is 1.81 bits per heavy atom. The van der Waals surface area contributed by atoms with E-state index in [-0.39, 0.29) is 18.0 Å². The molecule has 0 unspecified atom stereocenters. The summed E-state index contributed by atoms with van der Waals surface area (Å²) >= 11 is 0. The predicted molar refractivity (Wildman–Crippen MR) is 143 cm³/mol. The first-order valence-electron chi connectivity index (χ1n) is 12.4. The summed E-state index contributed by atoms with van der Waals surface area (Å²) < 4.78 is 7.19. The number of aryl methyl sites for hydroxylation is 1. The van der Waals surface area contributed by atoms with Gasteiger partial charge in [-0.2, -0.15) is 10.4 Å². The van der Waals surface area contributed by atoms with Crippen molar-refractivity contribution in [1.29, 1.82) is 5.26 Å². The van der Waals surface area contributed by atoms with E-state index < -0.39 is 5.91 Å². The standard InChI is InChI=1S/C30H30N4O3/c1-5-6-10-15-33-29(35)25(21(3)26(18-31)30(33)36)17-23-19-34(24-11-8-7-9-12-24)32-28(23)22-13-14-27(37-4)20(2)16-22/h7-9,11-14,16-17,19H,5-6,10,15H2,1-4H3/b25-17+. The second kappa shape index (κ2) is 11.1. The molecule has 188 valence electrons. The minimum absolute atomic E-state index is 0.000332. The second-order valence-corrected chi connectivity index (χ2v) is 9.04. The van der Waals surface area contributed by atoms with Gasteiger partial charge in [-0.3, -0.25) is 14.5 Å². The van der Waals surface area contributed by atoms with Gasteiger partial charge in [0.05, 0.1) is 18.5 Å². The first-order chi connectivity index (χ1) is 17.9. The Kier molecular flexibility index (Phi) is 7.69. The van der Waals surface area contributed by atoms with E-state index in [2.05, 4.69) is 6.92 Å². The Morgan fingerprint density at radius 1 is 1.05 bits per heavy atom. The summed E-state index contributed by atoms with van der Waals surface area (Å²) in [6.07, 6.45) is 6.16. The van der Waals surface area contributed by atoms with Crippen LogP contribution in [0.2, 0.25) is 0 Å². The summed E-state index contributed by atoms with van der Waals surface area (Å²) in [4.78, 5) is 27.6. The van der Waals surface area contributed by atoms with Crippen molar-refractivity contribution >= 4 is 17.9 Å². The van der Waals surface area contributed by atoms with Crippen molar-refractivity contribution in [3.8, 4) is 28.8 Å². The summed E-state index contributed by atoms with van der Waals surface area (Å²) in [7, 11) is 1.63. The average Bonchev–Trinajstić information content (AvgIpc) is 3.33. The molecule has 37 heavy (non-hydrogen) atoms. The first kappa shape index (κ1) is 25.6. The molecular weight excluding hydrogens is 464 g/mol. The number of nitrogens with zero attached hydrogens (tertiary/aromatic N) is 4. The number of methoxy groups -OCH3 is 1. The van der Waals surface area contributed by atoms with Gasteiger partial charge in [-0.05, 0) is 67.8 Å². The van der Waals surface area contributed by atoms with Crippen LogP contribution in [0.4, 0.5) is 0 Å². The number of hydrogen-bond donors (Lipinski definition) is 0. The first-order valence-corrected chi connectivity index (χ1v) is 12.4. The highest BCUT2D eigenvalue weighted by Crippen LogP contribution is 2.33. The molecule has 7 nitrogen and oxygen atoms in total. The molecule has 0 aliphatic carbocycles. The van der Waals surface area contributed by atoms with Gasteiger partial charge < -0.3 is 4.74 Å². The van der Waals surface area contributed by atoms with E-state index in [0.29, 0.717) is 28.8 Å². The molecule has 0 spiro atoms. The van der Waals surface area contributed by atoms with E-state index in [4.69, 9.17) is 9.84 Å². The Balaban J connectivity index is 1.88. The molecule has 1 aromatic heterocycles. The van der Waals surface area contributed by atoms with Crippen LogP contribution in [0.1, 0.15) is 44.2 Å². The van der Waals surface area contributed by atoms with Crippen molar-refractivity contribution in [3.63, 3.8) is 0 Å². The Hall–Kier alpha value is -4.44. The lowest BCUT2D eigenvalue weighted by molar-refractivity contribution is -0.140. The topological polar surface area (TPSA) is 88.2 Å². The number of nitriles is 1. The third-order valence-corrected chi connectivity index (χ3v) is 6.54. The van der Waals surface area contributed by atoms with Gasteiger partial charge in [0.1, 0.15) is 17.4 Å². The summed E-state index contributed by atoms with van der Waals surface area (Å²) in [5.74, 6) is -0.140. The monoisotopic (exact) mass is 494 g/mol. The maximum absolute atomic E-state index is 13.5. The van der Waals surface area contributed by atoms with Crippen molar-refractivity contribution in [1.82, 2.24) is 14.7 Å². The fourth-order valence-electron chi connectivity index (χ4n) is 4.46. The summed E-state index contributed by atoms with van der Waals surface area (Å²) in [6, 6.07) is 17.5. The number of benzene rings is 2. The molecule has 0 saturated carbocycles. The van der Waals surface area contributed by atoms with Crippen LogP contribution >= 0.6 is 0 Å². The predicted octanol–water partition coefficient (Wildman–Crippen LogP) is 5.64. The van der Waals surface area contributed by atoms with Gasteiger partial charge in [0, 0.05) is 29.4 Å². The van der Waals surface area contributed by atoms with Crippen molar-refractivity contribution in [2.45, 2.75) is 40.0 Å². The van der Waals surface area contributed by atoms with Crippen LogP contribution in [0.15, 0.2) is 71.4 Å². The molecule has 2 aromatic carbocycles. The molecule has 3 aromatic rings. The van der Waals surface area contributed by atoms with Crippen LogP contribution in [0.5, 0.6) is 5.75 Å². The third-order valence-electron chi connectivity index (χ3n) is 6.54. The Bertz CT molecular complexity index is 1440. The molecule has 0 bridgehead atoms. The zero-order valence-corrected chi connectivity index (χ0v) is 21.6.